The summed E-state index contributed by atoms with van der Waals surface area (Å²) in [6.07, 6.45) is 3.56. The Kier molecular flexibility index (Phi) is 3.20. The lowest BCUT2D eigenvalue weighted by Gasteiger charge is -2.29. The number of fused-ring (bicyclic) bond motifs is 1. The first kappa shape index (κ1) is 13.4. The molecule has 1 aliphatic heterocycles. The van der Waals surface area contributed by atoms with E-state index in [1.807, 2.05) is 14.0 Å². The SMILES string of the molecule is Cc1nn(C)c(N2CC3CCCC(N)C3C2)c1C(N)=O. The number of primary amides is 1. The summed E-state index contributed by atoms with van der Waals surface area (Å²) >= 11 is 0. The zero-order chi connectivity index (χ0) is 14.4. The van der Waals surface area contributed by atoms with Gasteiger partial charge in [0.2, 0.25) is 0 Å². The topological polar surface area (TPSA) is 90.2 Å². The second-order valence-electron chi connectivity index (χ2n) is 6.20. The number of nitrogens with two attached hydrogens (primary N) is 2. The number of aryl methyl sites for hydroxylation is 2. The van der Waals surface area contributed by atoms with Gasteiger partial charge < -0.3 is 16.4 Å². The smallest absolute Gasteiger partial charge is 0.254 e. The van der Waals surface area contributed by atoms with E-state index in [0.717, 1.165) is 25.3 Å². The number of carbonyl (C=O) groups excluding carboxylic acids is 1. The van der Waals surface area contributed by atoms with Gasteiger partial charge in [0.1, 0.15) is 11.4 Å². The molecule has 2 fully saturated rings. The molecule has 1 saturated heterocycles. The summed E-state index contributed by atoms with van der Waals surface area (Å²) in [5.74, 6) is 1.62. The Labute approximate surface area is 119 Å². The van der Waals surface area contributed by atoms with Crippen LogP contribution < -0.4 is 16.4 Å². The Morgan fingerprint density at radius 1 is 1.35 bits per heavy atom. The number of hydrogen-bond donors (Lipinski definition) is 2. The molecule has 0 radical (unpaired) electrons. The summed E-state index contributed by atoms with van der Waals surface area (Å²) in [5, 5.41) is 4.36. The molecule has 3 rings (SSSR count). The monoisotopic (exact) mass is 277 g/mol. The molecule has 6 nitrogen and oxygen atoms in total. The molecule has 20 heavy (non-hydrogen) atoms. The molecule has 4 N–H and O–H groups in total. The van der Waals surface area contributed by atoms with Gasteiger partial charge in [0.05, 0.1) is 5.69 Å². The molecule has 2 heterocycles. The highest BCUT2D eigenvalue weighted by Crippen LogP contribution is 2.38. The molecular weight excluding hydrogens is 254 g/mol. The van der Waals surface area contributed by atoms with Crippen molar-refractivity contribution in [2.24, 2.45) is 30.4 Å². The highest BCUT2D eigenvalue weighted by atomic mass is 16.1. The van der Waals surface area contributed by atoms with Crippen LogP contribution >= 0.6 is 0 Å². The van der Waals surface area contributed by atoms with Gasteiger partial charge in [0, 0.05) is 26.2 Å². The van der Waals surface area contributed by atoms with Crippen LogP contribution in [0.1, 0.15) is 35.3 Å². The standard InChI is InChI=1S/C14H23N5O/c1-8-12(13(16)20)14(18(2)17-8)19-6-9-4-3-5-11(15)10(9)7-19/h9-11H,3-7,15H2,1-2H3,(H2,16,20). The molecule has 6 heteroatoms. The number of carbonyl (C=O) groups is 1. The van der Waals surface area contributed by atoms with Gasteiger partial charge >= 0.3 is 0 Å². The molecular formula is C14H23N5O. The molecule has 0 spiro atoms. The van der Waals surface area contributed by atoms with Crippen LogP contribution in [0, 0.1) is 18.8 Å². The van der Waals surface area contributed by atoms with E-state index in [9.17, 15) is 4.79 Å². The molecule has 1 aromatic rings. The van der Waals surface area contributed by atoms with E-state index in [2.05, 4.69) is 10.00 Å². The number of amides is 1. The third-order valence-electron chi connectivity index (χ3n) is 4.89. The summed E-state index contributed by atoms with van der Waals surface area (Å²) in [7, 11) is 1.87. The maximum Gasteiger partial charge on any atom is 0.254 e. The molecule has 2 aliphatic rings. The third kappa shape index (κ3) is 1.98. The van der Waals surface area contributed by atoms with Gasteiger partial charge in [0.25, 0.3) is 5.91 Å². The third-order valence-corrected chi connectivity index (χ3v) is 4.89. The highest BCUT2D eigenvalue weighted by molar-refractivity contribution is 5.99. The van der Waals surface area contributed by atoms with Gasteiger partial charge in [-0.15, -0.1) is 0 Å². The minimum atomic E-state index is -0.398. The normalized spacial score (nSPS) is 29.6. The maximum atomic E-state index is 11.7. The Balaban J connectivity index is 1.93. The van der Waals surface area contributed by atoms with E-state index in [4.69, 9.17) is 11.5 Å². The van der Waals surface area contributed by atoms with Gasteiger partial charge in [-0.05, 0) is 31.6 Å². The summed E-state index contributed by atoms with van der Waals surface area (Å²) in [6, 6.07) is 0.283. The van der Waals surface area contributed by atoms with E-state index < -0.39 is 5.91 Å². The Hall–Kier alpha value is -1.56. The predicted molar refractivity (Wildman–Crippen MR) is 77.5 cm³/mol. The average molecular weight is 277 g/mol. The van der Waals surface area contributed by atoms with Gasteiger partial charge in [-0.1, -0.05) is 6.42 Å². The van der Waals surface area contributed by atoms with Crippen molar-refractivity contribution in [1.82, 2.24) is 9.78 Å². The van der Waals surface area contributed by atoms with Crippen molar-refractivity contribution in [3.05, 3.63) is 11.3 Å². The molecule has 110 valence electrons. The Bertz CT molecular complexity index is 538. The molecule has 1 aliphatic carbocycles. The Morgan fingerprint density at radius 2 is 2.10 bits per heavy atom. The zero-order valence-corrected chi connectivity index (χ0v) is 12.2. The fraction of sp³-hybridized carbons (Fsp3) is 0.714. The van der Waals surface area contributed by atoms with Crippen LogP contribution in [0.4, 0.5) is 5.82 Å². The summed E-state index contributed by atoms with van der Waals surface area (Å²) in [6.45, 7) is 3.70. The van der Waals surface area contributed by atoms with E-state index in [1.165, 1.54) is 12.8 Å². The van der Waals surface area contributed by atoms with Crippen LogP contribution in [0.2, 0.25) is 0 Å². The summed E-state index contributed by atoms with van der Waals surface area (Å²) in [5.41, 5.74) is 13.0. The van der Waals surface area contributed by atoms with Crippen LogP contribution in [0.15, 0.2) is 0 Å². The first-order valence-electron chi connectivity index (χ1n) is 7.33. The molecule has 0 aromatic carbocycles. The number of hydrogen-bond acceptors (Lipinski definition) is 4. The first-order chi connectivity index (χ1) is 9.49. The minimum absolute atomic E-state index is 0.283. The Morgan fingerprint density at radius 3 is 2.75 bits per heavy atom. The van der Waals surface area contributed by atoms with Crippen LogP contribution in [0.5, 0.6) is 0 Å². The van der Waals surface area contributed by atoms with Crippen molar-refractivity contribution in [3.63, 3.8) is 0 Å². The van der Waals surface area contributed by atoms with Crippen LogP contribution in [-0.4, -0.2) is 34.8 Å². The average Bonchev–Trinajstić information content (AvgIpc) is 2.90. The van der Waals surface area contributed by atoms with Gasteiger partial charge in [0.15, 0.2) is 0 Å². The van der Waals surface area contributed by atoms with Crippen molar-refractivity contribution in [1.29, 1.82) is 0 Å². The fourth-order valence-electron chi connectivity index (χ4n) is 3.99. The lowest BCUT2D eigenvalue weighted by Crippen LogP contribution is -2.38. The van der Waals surface area contributed by atoms with E-state index in [-0.39, 0.29) is 6.04 Å². The van der Waals surface area contributed by atoms with Crippen molar-refractivity contribution < 1.29 is 4.79 Å². The van der Waals surface area contributed by atoms with Gasteiger partial charge in [-0.25, -0.2) is 0 Å². The minimum Gasteiger partial charge on any atom is -0.365 e. The largest absolute Gasteiger partial charge is 0.365 e. The number of aromatic nitrogens is 2. The quantitative estimate of drug-likeness (QED) is 0.818. The lowest BCUT2D eigenvalue weighted by molar-refractivity contribution is 0.1000. The summed E-state index contributed by atoms with van der Waals surface area (Å²) < 4.78 is 1.78. The van der Waals surface area contributed by atoms with E-state index in [0.29, 0.717) is 23.1 Å². The fourth-order valence-corrected chi connectivity index (χ4v) is 3.99. The number of rotatable bonds is 2. The second kappa shape index (κ2) is 4.77. The maximum absolute atomic E-state index is 11.7. The van der Waals surface area contributed by atoms with Crippen molar-refractivity contribution in [3.8, 4) is 0 Å². The van der Waals surface area contributed by atoms with Crippen molar-refractivity contribution in [2.45, 2.75) is 32.2 Å². The van der Waals surface area contributed by atoms with Crippen LogP contribution in [0.25, 0.3) is 0 Å². The molecule has 3 unspecified atom stereocenters. The van der Waals surface area contributed by atoms with Crippen molar-refractivity contribution >= 4 is 11.7 Å². The van der Waals surface area contributed by atoms with Crippen LogP contribution in [-0.2, 0) is 7.05 Å². The highest BCUT2D eigenvalue weighted by Gasteiger charge is 2.40. The first-order valence-corrected chi connectivity index (χ1v) is 7.33. The molecule has 3 atom stereocenters. The molecule has 1 amide bonds. The number of anilines is 1. The lowest BCUT2D eigenvalue weighted by atomic mass is 9.78. The number of nitrogens with zero attached hydrogens (tertiary/aromatic N) is 3. The van der Waals surface area contributed by atoms with Gasteiger partial charge in [-0.2, -0.15) is 5.10 Å². The second-order valence-corrected chi connectivity index (χ2v) is 6.20. The van der Waals surface area contributed by atoms with Crippen LogP contribution in [0.3, 0.4) is 0 Å². The molecule has 1 saturated carbocycles. The van der Waals surface area contributed by atoms with Crippen molar-refractivity contribution in [2.75, 3.05) is 18.0 Å². The predicted octanol–water partition coefficient (Wildman–Crippen LogP) is 0.391. The molecule has 1 aromatic heterocycles. The van der Waals surface area contributed by atoms with Gasteiger partial charge in [-0.3, -0.25) is 9.48 Å². The van der Waals surface area contributed by atoms with E-state index in [1.54, 1.807) is 4.68 Å². The summed E-state index contributed by atoms with van der Waals surface area (Å²) in [4.78, 5) is 14.0. The zero-order valence-electron chi connectivity index (χ0n) is 12.2. The molecule has 0 bridgehead atoms. The van der Waals surface area contributed by atoms with E-state index >= 15 is 0 Å².